The lowest BCUT2D eigenvalue weighted by molar-refractivity contribution is -0.123. The number of fused-ring (bicyclic) bond motifs is 1. The highest BCUT2D eigenvalue weighted by molar-refractivity contribution is 7.13. The predicted molar refractivity (Wildman–Crippen MR) is 90.8 cm³/mol. The largest absolute Gasteiger partial charge is 0.326 e. The standard InChI is InChI=1S/C16H13N5O2S/c22-13-8-10(9-4-1-2-5-11(9)17-13)15(23)19-16-18-14(20-21-16)12-6-3-7-24-12/h1-7,10H,8H2,(H,17,22)(H2,18,19,20,21,23)/t10-/m1/s1. The summed E-state index contributed by atoms with van der Waals surface area (Å²) in [5, 5.41) is 14.2. The number of rotatable bonds is 3. The maximum atomic E-state index is 12.6. The first-order valence-electron chi connectivity index (χ1n) is 7.36. The monoisotopic (exact) mass is 339 g/mol. The van der Waals surface area contributed by atoms with Gasteiger partial charge in [-0.15, -0.1) is 16.4 Å². The molecular formula is C16H13N5O2S. The number of carbonyl (C=O) groups excluding carboxylic acids is 2. The average Bonchev–Trinajstić information content (AvgIpc) is 3.25. The number of hydrogen-bond acceptors (Lipinski definition) is 5. The third-order valence-corrected chi connectivity index (χ3v) is 4.67. The molecule has 24 heavy (non-hydrogen) atoms. The number of amides is 2. The van der Waals surface area contributed by atoms with Crippen LogP contribution in [0, 0.1) is 0 Å². The Morgan fingerprint density at radius 2 is 2.12 bits per heavy atom. The van der Waals surface area contributed by atoms with Gasteiger partial charge < -0.3 is 5.32 Å². The topological polar surface area (TPSA) is 99.8 Å². The van der Waals surface area contributed by atoms with Crippen molar-refractivity contribution < 1.29 is 9.59 Å². The Morgan fingerprint density at radius 3 is 2.96 bits per heavy atom. The Kier molecular flexibility index (Phi) is 3.58. The number of aromatic amines is 1. The summed E-state index contributed by atoms with van der Waals surface area (Å²) in [7, 11) is 0. The summed E-state index contributed by atoms with van der Waals surface area (Å²) in [6.45, 7) is 0. The lowest BCUT2D eigenvalue weighted by atomic mass is 9.90. The van der Waals surface area contributed by atoms with Crippen molar-refractivity contribution >= 4 is 34.8 Å². The van der Waals surface area contributed by atoms with E-state index in [2.05, 4.69) is 25.8 Å². The van der Waals surface area contributed by atoms with Crippen molar-refractivity contribution in [1.82, 2.24) is 15.2 Å². The van der Waals surface area contributed by atoms with Crippen molar-refractivity contribution in [1.29, 1.82) is 0 Å². The van der Waals surface area contributed by atoms with E-state index in [0.29, 0.717) is 11.5 Å². The quantitative estimate of drug-likeness (QED) is 0.683. The van der Waals surface area contributed by atoms with Crippen molar-refractivity contribution in [3.05, 3.63) is 47.3 Å². The van der Waals surface area contributed by atoms with E-state index in [1.54, 1.807) is 6.07 Å². The lowest BCUT2D eigenvalue weighted by Gasteiger charge is -2.24. The summed E-state index contributed by atoms with van der Waals surface area (Å²) in [5.41, 5.74) is 1.46. The van der Waals surface area contributed by atoms with Gasteiger partial charge in [0, 0.05) is 12.1 Å². The van der Waals surface area contributed by atoms with Crippen LogP contribution in [-0.2, 0) is 9.59 Å². The zero-order valence-electron chi connectivity index (χ0n) is 12.4. The number of para-hydroxylation sites is 1. The molecule has 1 atom stereocenters. The summed E-state index contributed by atoms with van der Waals surface area (Å²) in [4.78, 5) is 29.6. The summed E-state index contributed by atoms with van der Waals surface area (Å²) in [5.74, 6) is -0.232. The van der Waals surface area contributed by atoms with Gasteiger partial charge in [-0.1, -0.05) is 24.3 Å². The van der Waals surface area contributed by atoms with Crippen LogP contribution in [0.5, 0.6) is 0 Å². The number of nitrogens with zero attached hydrogens (tertiary/aromatic N) is 2. The van der Waals surface area contributed by atoms with E-state index in [1.165, 1.54) is 11.3 Å². The molecule has 0 saturated carbocycles. The molecule has 0 fully saturated rings. The lowest BCUT2D eigenvalue weighted by Crippen LogP contribution is -2.31. The molecule has 1 aliphatic heterocycles. The summed E-state index contributed by atoms with van der Waals surface area (Å²) < 4.78 is 0. The van der Waals surface area contributed by atoms with Gasteiger partial charge in [0.1, 0.15) is 0 Å². The van der Waals surface area contributed by atoms with Crippen LogP contribution >= 0.6 is 11.3 Å². The van der Waals surface area contributed by atoms with Crippen LogP contribution in [0.3, 0.4) is 0 Å². The minimum Gasteiger partial charge on any atom is -0.326 e. The molecule has 0 spiro atoms. The molecule has 8 heteroatoms. The van der Waals surface area contributed by atoms with Gasteiger partial charge in [0.25, 0.3) is 0 Å². The van der Waals surface area contributed by atoms with Crippen LogP contribution in [0.2, 0.25) is 0 Å². The molecule has 120 valence electrons. The molecule has 3 aromatic rings. The van der Waals surface area contributed by atoms with E-state index in [0.717, 1.165) is 10.4 Å². The van der Waals surface area contributed by atoms with E-state index < -0.39 is 5.92 Å². The molecule has 0 aliphatic carbocycles. The van der Waals surface area contributed by atoms with Crippen LogP contribution in [0.25, 0.3) is 10.7 Å². The van der Waals surface area contributed by atoms with Crippen LogP contribution in [0.15, 0.2) is 41.8 Å². The number of carbonyl (C=O) groups is 2. The molecule has 0 radical (unpaired) electrons. The second-order valence-electron chi connectivity index (χ2n) is 5.37. The zero-order chi connectivity index (χ0) is 16.5. The first kappa shape index (κ1) is 14.6. The van der Waals surface area contributed by atoms with Gasteiger partial charge in [0.05, 0.1) is 10.8 Å². The zero-order valence-corrected chi connectivity index (χ0v) is 13.3. The van der Waals surface area contributed by atoms with Gasteiger partial charge >= 0.3 is 0 Å². The highest BCUT2D eigenvalue weighted by atomic mass is 32.1. The highest BCUT2D eigenvalue weighted by Gasteiger charge is 2.31. The second kappa shape index (κ2) is 5.89. The van der Waals surface area contributed by atoms with Gasteiger partial charge in [-0.25, -0.2) is 0 Å². The second-order valence-corrected chi connectivity index (χ2v) is 6.31. The van der Waals surface area contributed by atoms with Crippen molar-refractivity contribution in [2.24, 2.45) is 0 Å². The van der Waals surface area contributed by atoms with Gasteiger partial charge in [-0.3, -0.25) is 20.0 Å². The molecule has 7 nitrogen and oxygen atoms in total. The number of benzene rings is 1. The molecule has 1 aromatic carbocycles. The predicted octanol–water partition coefficient (Wildman–Crippen LogP) is 2.60. The van der Waals surface area contributed by atoms with E-state index in [9.17, 15) is 9.59 Å². The van der Waals surface area contributed by atoms with Crippen molar-refractivity contribution in [2.75, 3.05) is 10.6 Å². The SMILES string of the molecule is O=C1C[C@@H](C(=O)Nc2n[nH]c(-c3cccs3)n2)c2ccccc2N1. The number of nitrogens with one attached hydrogen (secondary N) is 3. The molecular weight excluding hydrogens is 326 g/mol. The van der Waals surface area contributed by atoms with Crippen molar-refractivity contribution in [3.63, 3.8) is 0 Å². The van der Waals surface area contributed by atoms with Gasteiger partial charge in [-0.05, 0) is 23.1 Å². The molecule has 2 aromatic heterocycles. The fourth-order valence-corrected chi connectivity index (χ4v) is 3.35. The Balaban J connectivity index is 1.56. The number of anilines is 2. The summed E-state index contributed by atoms with van der Waals surface area (Å²) >= 11 is 1.53. The Labute approximate surface area is 141 Å². The van der Waals surface area contributed by atoms with Crippen LogP contribution in [-0.4, -0.2) is 27.0 Å². The molecule has 0 bridgehead atoms. The Morgan fingerprint density at radius 1 is 1.25 bits per heavy atom. The molecule has 2 amide bonds. The normalized spacial score (nSPS) is 16.3. The fourth-order valence-electron chi connectivity index (χ4n) is 2.68. The van der Waals surface area contributed by atoms with Crippen molar-refractivity contribution in [2.45, 2.75) is 12.3 Å². The maximum Gasteiger partial charge on any atom is 0.249 e. The van der Waals surface area contributed by atoms with Crippen LogP contribution < -0.4 is 10.6 Å². The van der Waals surface area contributed by atoms with Gasteiger partial charge in [0.15, 0.2) is 5.82 Å². The average molecular weight is 339 g/mol. The van der Waals surface area contributed by atoms with Crippen molar-refractivity contribution in [3.8, 4) is 10.7 Å². The van der Waals surface area contributed by atoms with Gasteiger partial charge in [-0.2, -0.15) is 4.98 Å². The Bertz CT molecular complexity index is 903. The van der Waals surface area contributed by atoms with Crippen LogP contribution in [0.1, 0.15) is 17.9 Å². The maximum absolute atomic E-state index is 12.6. The molecule has 3 N–H and O–H groups in total. The molecule has 0 saturated heterocycles. The fraction of sp³-hybridized carbons (Fsp3) is 0.125. The third-order valence-electron chi connectivity index (χ3n) is 3.79. The Hall–Kier alpha value is -3.00. The highest BCUT2D eigenvalue weighted by Crippen LogP contribution is 2.32. The smallest absolute Gasteiger partial charge is 0.249 e. The number of H-pyrrole nitrogens is 1. The van der Waals surface area contributed by atoms with Gasteiger partial charge in [0.2, 0.25) is 17.8 Å². The number of aromatic nitrogens is 3. The van der Waals surface area contributed by atoms with E-state index >= 15 is 0 Å². The molecule has 4 rings (SSSR count). The number of thiophene rings is 1. The summed E-state index contributed by atoms with van der Waals surface area (Å²) in [6.07, 6.45) is 0.102. The minimum absolute atomic E-state index is 0.102. The first-order chi connectivity index (χ1) is 11.7. The molecule has 1 aliphatic rings. The third kappa shape index (κ3) is 2.67. The minimum atomic E-state index is -0.557. The molecule has 0 unspecified atom stereocenters. The first-order valence-corrected chi connectivity index (χ1v) is 8.24. The van der Waals surface area contributed by atoms with E-state index in [1.807, 2.05) is 35.7 Å². The molecule has 3 heterocycles. The van der Waals surface area contributed by atoms with E-state index in [-0.39, 0.29) is 24.2 Å². The van der Waals surface area contributed by atoms with E-state index in [4.69, 9.17) is 0 Å². The number of hydrogen-bond donors (Lipinski definition) is 3. The summed E-state index contributed by atoms with van der Waals surface area (Å²) in [6, 6.07) is 11.1. The van der Waals surface area contributed by atoms with Crippen LogP contribution in [0.4, 0.5) is 11.6 Å².